The molecule has 212 valence electrons. The van der Waals surface area contributed by atoms with Crippen molar-refractivity contribution in [2.24, 2.45) is 50.2 Å². The van der Waals surface area contributed by atoms with Crippen molar-refractivity contribution in [1.29, 1.82) is 0 Å². The second-order valence-electron chi connectivity index (χ2n) is 15.7. The Morgan fingerprint density at radius 1 is 0.947 bits per heavy atom. The average Bonchev–Trinajstić information content (AvgIpc) is 2.82. The van der Waals surface area contributed by atoms with E-state index in [1.807, 2.05) is 18.5 Å². The summed E-state index contributed by atoms with van der Waals surface area (Å²) in [6, 6.07) is 0. The van der Waals surface area contributed by atoms with Gasteiger partial charge in [0.1, 0.15) is 6.10 Å². The summed E-state index contributed by atoms with van der Waals surface area (Å²) < 4.78 is 5.83. The second-order valence-corrected chi connectivity index (χ2v) is 15.7. The molecule has 0 saturated heterocycles. The number of carbonyl (C=O) groups is 3. The van der Waals surface area contributed by atoms with Crippen molar-refractivity contribution in [3.05, 3.63) is 11.6 Å². The summed E-state index contributed by atoms with van der Waals surface area (Å²) in [4.78, 5) is 39.0. The average molecular weight is 528 g/mol. The lowest BCUT2D eigenvalue weighted by Gasteiger charge is -2.70. The van der Waals surface area contributed by atoms with Crippen molar-refractivity contribution in [1.82, 2.24) is 5.48 Å². The first-order chi connectivity index (χ1) is 17.5. The summed E-state index contributed by atoms with van der Waals surface area (Å²) >= 11 is 0. The maximum atomic E-state index is 14.4. The predicted octanol–water partition coefficient (Wildman–Crippen LogP) is 6.40. The van der Waals surface area contributed by atoms with Gasteiger partial charge in [0.05, 0.1) is 0 Å². The summed E-state index contributed by atoms with van der Waals surface area (Å²) in [6.07, 6.45) is 10.1. The van der Waals surface area contributed by atoms with E-state index in [9.17, 15) is 19.6 Å². The van der Waals surface area contributed by atoms with E-state index in [2.05, 4.69) is 41.5 Å². The lowest BCUT2D eigenvalue weighted by molar-refractivity contribution is -0.210. The molecule has 0 aromatic rings. The number of rotatable bonds is 2. The van der Waals surface area contributed by atoms with Crippen molar-refractivity contribution in [2.45, 2.75) is 119 Å². The smallest absolute Gasteiger partial charge is 0.302 e. The predicted molar refractivity (Wildman–Crippen MR) is 145 cm³/mol. The lowest BCUT2D eigenvalue weighted by atomic mass is 9.33. The Hall–Kier alpha value is -1.69. The largest absolute Gasteiger partial charge is 0.462 e. The molecule has 4 fully saturated rings. The van der Waals surface area contributed by atoms with Crippen LogP contribution in [0.2, 0.25) is 0 Å². The first-order valence-electron chi connectivity index (χ1n) is 14.9. The highest BCUT2D eigenvalue weighted by molar-refractivity contribution is 5.95. The molecule has 0 aromatic heterocycles. The monoisotopic (exact) mass is 527 g/mol. The molecule has 1 amide bonds. The molecule has 0 bridgehead atoms. The summed E-state index contributed by atoms with van der Waals surface area (Å²) in [5.74, 6) is 0.117. The maximum absolute atomic E-state index is 14.4. The molecule has 1 unspecified atom stereocenters. The number of carbonyl (C=O) groups excluding carboxylic acids is 3. The molecule has 4 saturated carbocycles. The zero-order chi connectivity index (χ0) is 28.1. The number of hydrogen-bond acceptors (Lipinski definition) is 5. The van der Waals surface area contributed by atoms with Gasteiger partial charge in [0.15, 0.2) is 5.78 Å². The third-order valence-corrected chi connectivity index (χ3v) is 13.5. The van der Waals surface area contributed by atoms with E-state index in [0.29, 0.717) is 12.3 Å². The third-order valence-electron chi connectivity index (χ3n) is 13.5. The number of allylic oxidation sites excluding steroid dienone is 2. The number of fused-ring (bicyclic) bond motifs is 7. The zero-order valence-corrected chi connectivity index (χ0v) is 24.8. The minimum atomic E-state index is -0.637. The van der Waals surface area contributed by atoms with Crippen molar-refractivity contribution in [2.75, 3.05) is 0 Å². The Labute approximate surface area is 228 Å². The number of amides is 1. The van der Waals surface area contributed by atoms with Crippen LogP contribution in [-0.4, -0.2) is 29.0 Å². The Kier molecular flexibility index (Phi) is 6.16. The van der Waals surface area contributed by atoms with Gasteiger partial charge < -0.3 is 4.74 Å². The van der Waals surface area contributed by atoms with Crippen LogP contribution in [0.4, 0.5) is 0 Å². The summed E-state index contributed by atoms with van der Waals surface area (Å²) in [7, 11) is 0. The molecule has 5 aliphatic carbocycles. The molecule has 0 radical (unpaired) electrons. The Bertz CT molecular complexity index is 1100. The van der Waals surface area contributed by atoms with Gasteiger partial charge in [0, 0.05) is 23.7 Å². The molecule has 6 heteroatoms. The fourth-order valence-electron chi connectivity index (χ4n) is 10.9. The summed E-state index contributed by atoms with van der Waals surface area (Å²) in [5, 5.41) is 9.48. The van der Waals surface area contributed by atoms with E-state index in [1.54, 1.807) is 0 Å². The van der Waals surface area contributed by atoms with Crippen molar-refractivity contribution < 1.29 is 24.3 Å². The van der Waals surface area contributed by atoms with Gasteiger partial charge in [-0.3, -0.25) is 19.6 Å². The highest BCUT2D eigenvalue weighted by Crippen LogP contribution is 2.75. The molecule has 2 N–H and O–H groups in total. The normalized spacial score (nSPS) is 49.4. The van der Waals surface area contributed by atoms with Crippen LogP contribution in [0.5, 0.6) is 0 Å². The molecule has 0 spiro atoms. The number of ketones is 1. The van der Waals surface area contributed by atoms with Gasteiger partial charge in [0.2, 0.25) is 5.91 Å². The molecule has 0 heterocycles. The lowest BCUT2D eigenvalue weighted by Crippen LogP contribution is -2.66. The van der Waals surface area contributed by atoms with Crippen LogP contribution < -0.4 is 5.48 Å². The molecule has 0 aromatic carbocycles. The number of ether oxygens (including phenoxy) is 1. The Morgan fingerprint density at radius 3 is 2.24 bits per heavy atom. The van der Waals surface area contributed by atoms with Crippen LogP contribution in [0.15, 0.2) is 11.6 Å². The molecular weight excluding hydrogens is 478 g/mol. The van der Waals surface area contributed by atoms with Gasteiger partial charge in [-0.15, -0.1) is 0 Å². The topological polar surface area (TPSA) is 92.7 Å². The molecule has 6 nitrogen and oxygen atoms in total. The highest BCUT2D eigenvalue weighted by atomic mass is 16.5. The standard InChI is InChI=1S/C32H49NO5/c1-19(34)38-24-10-11-30(6)23(27(24,2)3)9-12-32(8)25(30)22(35)17-20-21-18-29(5,26(36)33-37)14-13-28(21,4)15-16-31(20,32)7/h17,21,23-25,37H,9-16,18H2,1-8H3,(H,33,36)/t21-,23?,24+,25-,28-,29+,30+,31-,32-/m1/s1. The molecule has 38 heavy (non-hydrogen) atoms. The molecule has 5 rings (SSSR count). The van der Waals surface area contributed by atoms with Gasteiger partial charge >= 0.3 is 5.97 Å². The SMILES string of the molecule is CC(=O)O[C@H]1CC[C@@]2(C)C(CC[C@]3(C)[C@@H]2C(=O)C=C2[C@H]4C[C@@](C)(C(=O)NO)CC[C@]4(C)CC[C@]23C)C1(C)C. The van der Waals surface area contributed by atoms with E-state index in [4.69, 9.17) is 4.74 Å². The van der Waals surface area contributed by atoms with E-state index in [-0.39, 0.29) is 62.7 Å². The minimum Gasteiger partial charge on any atom is -0.462 e. The molecule has 9 atom stereocenters. The highest BCUT2D eigenvalue weighted by Gasteiger charge is 2.70. The number of esters is 1. The van der Waals surface area contributed by atoms with Crippen molar-refractivity contribution >= 4 is 17.7 Å². The van der Waals surface area contributed by atoms with Gasteiger partial charge in [-0.1, -0.05) is 54.0 Å². The van der Waals surface area contributed by atoms with Crippen LogP contribution in [0.3, 0.4) is 0 Å². The first-order valence-corrected chi connectivity index (χ1v) is 14.9. The van der Waals surface area contributed by atoms with Crippen molar-refractivity contribution in [3.63, 3.8) is 0 Å². The summed E-state index contributed by atoms with van der Waals surface area (Å²) in [6.45, 7) is 17.4. The van der Waals surface area contributed by atoms with Crippen LogP contribution in [-0.2, 0) is 19.1 Å². The van der Waals surface area contributed by atoms with Crippen LogP contribution >= 0.6 is 0 Å². The molecule has 5 aliphatic rings. The molecule has 0 aliphatic heterocycles. The van der Waals surface area contributed by atoms with Gasteiger partial charge in [-0.25, -0.2) is 5.48 Å². The van der Waals surface area contributed by atoms with Gasteiger partial charge in [-0.05, 0) is 97.4 Å². The summed E-state index contributed by atoms with van der Waals surface area (Å²) in [5.41, 5.74) is 1.98. The third kappa shape index (κ3) is 3.50. The quantitative estimate of drug-likeness (QED) is 0.246. The number of nitrogens with one attached hydrogen (secondary N) is 1. The van der Waals surface area contributed by atoms with E-state index in [1.165, 1.54) is 12.5 Å². The van der Waals surface area contributed by atoms with Crippen LogP contribution in [0.25, 0.3) is 0 Å². The van der Waals surface area contributed by atoms with Crippen molar-refractivity contribution in [3.8, 4) is 0 Å². The fourth-order valence-corrected chi connectivity index (χ4v) is 10.9. The van der Waals surface area contributed by atoms with Crippen LogP contribution in [0.1, 0.15) is 113 Å². The Morgan fingerprint density at radius 2 is 1.61 bits per heavy atom. The zero-order valence-electron chi connectivity index (χ0n) is 24.8. The number of hydroxylamine groups is 1. The maximum Gasteiger partial charge on any atom is 0.302 e. The molecular formula is C32H49NO5. The number of hydrogen-bond donors (Lipinski definition) is 2. The fraction of sp³-hybridized carbons (Fsp3) is 0.844. The van der Waals surface area contributed by atoms with E-state index >= 15 is 0 Å². The van der Waals surface area contributed by atoms with E-state index < -0.39 is 5.41 Å². The minimum absolute atomic E-state index is 0.0647. The Balaban J connectivity index is 1.57. The van der Waals surface area contributed by atoms with Crippen LogP contribution in [0, 0.1) is 50.2 Å². The van der Waals surface area contributed by atoms with E-state index in [0.717, 1.165) is 51.4 Å². The van der Waals surface area contributed by atoms with Gasteiger partial charge in [0.25, 0.3) is 0 Å². The first kappa shape index (κ1) is 27.9. The van der Waals surface area contributed by atoms with Gasteiger partial charge in [-0.2, -0.15) is 0 Å². The second kappa shape index (κ2) is 8.41.